The SMILES string of the molecule is CC(C)Oc1c(Br)cc(/C=N/Nc2ccc([N+](=O)[O-])cc2)cc1Br. The number of benzene rings is 2. The molecule has 2 aromatic carbocycles. The van der Waals surface area contributed by atoms with Crippen molar-refractivity contribution in [3.63, 3.8) is 0 Å². The highest BCUT2D eigenvalue weighted by molar-refractivity contribution is 9.11. The number of halogens is 2. The van der Waals surface area contributed by atoms with Crippen LogP contribution in [0.1, 0.15) is 19.4 Å². The van der Waals surface area contributed by atoms with Crippen molar-refractivity contribution >= 4 is 49.4 Å². The number of hydrogen-bond acceptors (Lipinski definition) is 5. The fraction of sp³-hybridized carbons (Fsp3) is 0.188. The molecule has 0 atom stereocenters. The van der Waals surface area contributed by atoms with Gasteiger partial charge in [0.1, 0.15) is 5.75 Å². The fourth-order valence-corrected chi connectivity index (χ4v) is 3.25. The van der Waals surface area contributed by atoms with Gasteiger partial charge in [0, 0.05) is 12.1 Å². The van der Waals surface area contributed by atoms with Crippen LogP contribution in [0.5, 0.6) is 5.75 Å². The standard InChI is InChI=1S/C16H15Br2N3O3/c1-10(2)24-16-14(17)7-11(8-15(16)18)9-19-20-12-3-5-13(6-4-12)21(22)23/h3-10,20H,1-2H3/b19-9+. The van der Waals surface area contributed by atoms with E-state index in [1.165, 1.54) is 12.1 Å². The minimum absolute atomic E-state index is 0.0399. The third-order valence-corrected chi connectivity index (χ3v) is 4.04. The first-order valence-corrected chi connectivity index (χ1v) is 8.64. The van der Waals surface area contributed by atoms with Gasteiger partial charge in [-0.05, 0) is 75.5 Å². The molecule has 0 fully saturated rings. The number of nitrogens with zero attached hydrogens (tertiary/aromatic N) is 2. The Kier molecular flexibility index (Phi) is 6.33. The molecule has 0 heterocycles. The predicted octanol–water partition coefficient (Wildman–Crippen LogP) is 5.35. The minimum Gasteiger partial charge on any atom is -0.489 e. The zero-order valence-electron chi connectivity index (χ0n) is 13.0. The summed E-state index contributed by atoms with van der Waals surface area (Å²) in [5.74, 6) is 0.741. The summed E-state index contributed by atoms with van der Waals surface area (Å²) >= 11 is 6.97. The van der Waals surface area contributed by atoms with Crippen molar-refractivity contribution in [2.45, 2.75) is 20.0 Å². The third-order valence-electron chi connectivity index (χ3n) is 2.86. The van der Waals surface area contributed by atoms with E-state index in [0.29, 0.717) is 5.69 Å². The lowest BCUT2D eigenvalue weighted by atomic mass is 10.2. The number of non-ortho nitro benzene ring substituents is 1. The van der Waals surface area contributed by atoms with E-state index >= 15 is 0 Å². The molecule has 0 unspecified atom stereocenters. The number of nitro groups is 1. The molecule has 0 aliphatic carbocycles. The first kappa shape index (κ1) is 18.4. The third kappa shape index (κ3) is 5.04. The van der Waals surface area contributed by atoms with Gasteiger partial charge < -0.3 is 4.74 Å². The highest BCUT2D eigenvalue weighted by Crippen LogP contribution is 2.35. The normalized spacial score (nSPS) is 11.0. The van der Waals surface area contributed by atoms with Gasteiger partial charge in [-0.3, -0.25) is 15.5 Å². The minimum atomic E-state index is -0.442. The molecule has 24 heavy (non-hydrogen) atoms. The number of nitrogens with one attached hydrogen (secondary N) is 1. The fourth-order valence-electron chi connectivity index (χ4n) is 1.84. The quantitative estimate of drug-likeness (QED) is 0.361. The maximum Gasteiger partial charge on any atom is 0.269 e. The largest absolute Gasteiger partial charge is 0.489 e. The van der Waals surface area contributed by atoms with Gasteiger partial charge in [0.2, 0.25) is 0 Å². The molecule has 126 valence electrons. The Hall–Kier alpha value is -1.93. The van der Waals surface area contributed by atoms with Gasteiger partial charge in [0.15, 0.2) is 0 Å². The van der Waals surface area contributed by atoms with Crippen LogP contribution in [0.3, 0.4) is 0 Å². The number of ether oxygens (including phenoxy) is 1. The molecule has 8 heteroatoms. The van der Waals surface area contributed by atoms with Crippen molar-refractivity contribution in [2.75, 3.05) is 5.43 Å². The Morgan fingerprint density at radius 3 is 2.29 bits per heavy atom. The zero-order valence-corrected chi connectivity index (χ0v) is 16.2. The maximum atomic E-state index is 10.6. The molecule has 2 aromatic rings. The Balaban J connectivity index is 2.07. The summed E-state index contributed by atoms with van der Waals surface area (Å²) in [5.41, 5.74) is 4.39. The van der Waals surface area contributed by atoms with E-state index < -0.39 is 4.92 Å². The van der Waals surface area contributed by atoms with E-state index in [1.807, 2.05) is 26.0 Å². The maximum absolute atomic E-state index is 10.6. The van der Waals surface area contributed by atoms with Crippen LogP contribution in [0, 0.1) is 10.1 Å². The van der Waals surface area contributed by atoms with E-state index in [-0.39, 0.29) is 11.8 Å². The van der Waals surface area contributed by atoms with Crippen LogP contribution in [0.4, 0.5) is 11.4 Å². The monoisotopic (exact) mass is 455 g/mol. The summed E-state index contributed by atoms with van der Waals surface area (Å²) < 4.78 is 7.37. The molecule has 0 aliphatic heterocycles. The molecule has 0 saturated carbocycles. The summed E-state index contributed by atoms with van der Waals surface area (Å²) in [6.07, 6.45) is 1.72. The molecular weight excluding hydrogens is 442 g/mol. The van der Waals surface area contributed by atoms with E-state index in [4.69, 9.17) is 4.74 Å². The van der Waals surface area contributed by atoms with Crippen LogP contribution in [0.25, 0.3) is 0 Å². The van der Waals surface area contributed by atoms with Crippen molar-refractivity contribution in [1.29, 1.82) is 0 Å². The second-order valence-electron chi connectivity index (χ2n) is 5.15. The molecule has 0 aliphatic rings. The second kappa shape index (κ2) is 8.25. The molecule has 0 amide bonds. The van der Waals surface area contributed by atoms with Gasteiger partial charge >= 0.3 is 0 Å². The molecule has 6 nitrogen and oxygen atoms in total. The van der Waals surface area contributed by atoms with E-state index in [0.717, 1.165) is 20.3 Å². The van der Waals surface area contributed by atoms with Crippen LogP contribution in [0.2, 0.25) is 0 Å². The van der Waals surface area contributed by atoms with Crippen molar-refractivity contribution < 1.29 is 9.66 Å². The second-order valence-corrected chi connectivity index (χ2v) is 6.86. The summed E-state index contributed by atoms with van der Waals surface area (Å²) in [6, 6.07) is 9.82. The van der Waals surface area contributed by atoms with Gasteiger partial charge in [0.25, 0.3) is 5.69 Å². The lowest BCUT2D eigenvalue weighted by molar-refractivity contribution is -0.384. The highest BCUT2D eigenvalue weighted by atomic mass is 79.9. The van der Waals surface area contributed by atoms with Crippen LogP contribution in [0.15, 0.2) is 50.4 Å². The van der Waals surface area contributed by atoms with Gasteiger partial charge in [0.05, 0.1) is 31.9 Å². The Morgan fingerprint density at radius 2 is 1.79 bits per heavy atom. The number of hydrazone groups is 1. The summed E-state index contributed by atoms with van der Waals surface area (Å²) in [7, 11) is 0. The average Bonchev–Trinajstić information content (AvgIpc) is 2.51. The van der Waals surface area contributed by atoms with Gasteiger partial charge in [-0.2, -0.15) is 5.10 Å². The smallest absolute Gasteiger partial charge is 0.269 e. The first-order valence-electron chi connectivity index (χ1n) is 7.06. The molecule has 0 bridgehead atoms. The lowest BCUT2D eigenvalue weighted by Gasteiger charge is -2.13. The molecule has 2 rings (SSSR count). The molecule has 0 radical (unpaired) electrons. The van der Waals surface area contributed by atoms with E-state index in [9.17, 15) is 10.1 Å². The predicted molar refractivity (Wildman–Crippen MR) is 102 cm³/mol. The average molecular weight is 457 g/mol. The summed E-state index contributed by atoms with van der Waals surface area (Å²) in [6.45, 7) is 3.92. The number of hydrogen-bond donors (Lipinski definition) is 1. The Morgan fingerprint density at radius 1 is 1.21 bits per heavy atom. The molecule has 1 N–H and O–H groups in total. The van der Waals surface area contributed by atoms with Gasteiger partial charge in [-0.25, -0.2) is 0 Å². The first-order chi connectivity index (χ1) is 11.4. The summed E-state index contributed by atoms with van der Waals surface area (Å²) in [5, 5.41) is 14.7. The summed E-state index contributed by atoms with van der Waals surface area (Å²) in [4.78, 5) is 10.2. The van der Waals surface area contributed by atoms with Crippen LogP contribution in [-0.2, 0) is 0 Å². The van der Waals surface area contributed by atoms with Crippen LogP contribution in [-0.4, -0.2) is 17.2 Å². The molecule has 0 spiro atoms. The zero-order chi connectivity index (χ0) is 17.7. The Labute approximate surface area is 156 Å². The number of rotatable bonds is 6. The van der Waals surface area contributed by atoms with E-state index in [1.54, 1.807) is 18.3 Å². The lowest BCUT2D eigenvalue weighted by Crippen LogP contribution is -2.06. The topological polar surface area (TPSA) is 76.8 Å². The van der Waals surface area contributed by atoms with E-state index in [2.05, 4.69) is 42.4 Å². The van der Waals surface area contributed by atoms with Crippen molar-refractivity contribution in [2.24, 2.45) is 5.10 Å². The van der Waals surface area contributed by atoms with Crippen molar-refractivity contribution in [1.82, 2.24) is 0 Å². The van der Waals surface area contributed by atoms with Gasteiger partial charge in [-0.1, -0.05) is 0 Å². The van der Waals surface area contributed by atoms with Crippen LogP contribution < -0.4 is 10.2 Å². The van der Waals surface area contributed by atoms with Crippen LogP contribution >= 0.6 is 31.9 Å². The number of anilines is 1. The van der Waals surface area contributed by atoms with Gasteiger partial charge in [-0.15, -0.1) is 0 Å². The number of nitro benzene ring substituents is 1. The highest BCUT2D eigenvalue weighted by Gasteiger charge is 2.10. The molecular formula is C16H15Br2N3O3. The Bertz CT molecular complexity index is 739. The molecule has 0 saturated heterocycles. The molecule has 0 aromatic heterocycles. The van der Waals surface area contributed by atoms with Crippen molar-refractivity contribution in [3.8, 4) is 5.75 Å². The van der Waals surface area contributed by atoms with Crippen molar-refractivity contribution in [3.05, 3.63) is 61.0 Å².